The predicted molar refractivity (Wildman–Crippen MR) is 66.5 cm³/mol. The van der Waals surface area contributed by atoms with Gasteiger partial charge in [0.2, 0.25) is 5.91 Å². The number of hydrogen-bond donors (Lipinski definition) is 2. The highest BCUT2D eigenvalue weighted by molar-refractivity contribution is 5.84. The van der Waals surface area contributed by atoms with Gasteiger partial charge in [0, 0.05) is 6.42 Å². The van der Waals surface area contributed by atoms with Crippen molar-refractivity contribution in [2.45, 2.75) is 18.6 Å². The van der Waals surface area contributed by atoms with Gasteiger partial charge in [0.05, 0.1) is 6.61 Å². The van der Waals surface area contributed by atoms with Crippen LogP contribution in [-0.4, -0.2) is 36.4 Å². The molecule has 0 saturated carbocycles. The zero-order valence-electron chi connectivity index (χ0n) is 10.9. The molecule has 8 heteroatoms. The SMILES string of the molecule is O=C(CCOCC(F)(F)F)NC(C(=O)O)c1ccccc1. The van der Waals surface area contributed by atoms with E-state index in [1.54, 1.807) is 18.2 Å². The molecule has 21 heavy (non-hydrogen) atoms. The first-order chi connectivity index (χ1) is 9.79. The highest BCUT2D eigenvalue weighted by Gasteiger charge is 2.27. The van der Waals surface area contributed by atoms with Gasteiger partial charge in [-0.2, -0.15) is 13.2 Å². The van der Waals surface area contributed by atoms with Crippen molar-refractivity contribution in [1.82, 2.24) is 5.32 Å². The lowest BCUT2D eigenvalue weighted by Gasteiger charge is -2.15. The quantitative estimate of drug-likeness (QED) is 0.754. The molecule has 1 rings (SSSR count). The number of hydrogen-bond acceptors (Lipinski definition) is 3. The first-order valence-electron chi connectivity index (χ1n) is 6.01. The molecule has 0 heterocycles. The standard InChI is InChI=1S/C13H14F3NO4/c14-13(15,16)8-21-7-6-10(18)17-11(12(19)20)9-4-2-1-3-5-9/h1-5,11H,6-8H2,(H,17,18)(H,19,20). The lowest BCUT2D eigenvalue weighted by atomic mass is 10.1. The van der Waals surface area contributed by atoms with Crippen LogP contribution in [0.15, 0.2) is 30.3 Å². The molecule has 0 radical (unpaired) electrons. The second-order valence-corrected chi connectivity index (χ2v) is 4.17. The number of carboxylic acids is 1. The lowest BCUT2D eigenvalue weighted by Crippen LogP contribution is -2.34. The van der Waals surface area contributed by atoms with Crippen LogP contribution in [0.3, 0.4) is 0 Å². The maximum Gasteiger partial charge on any atom is 0.411 e. The van der Waals surface area contributed by atoms with E-state index < -0.39 is 37.3 Å². The molecular formula is C13H14F3NO4. The van der Waals surface area contributed by atoms with Gasteiger partial charge in [-0.15, -0.1) is 0 Å². The van der Waals surface area contributed by atoms with Gasteiger partial charge in [0.25, 0.3) is 0 Å². The van der Waals surface area contributed by atoms with Gasteiger partial charge in [0.15, 0.2) is 6.04 Å². The number of nitrogens with one attached hydrogen (secondary N) is 1. The Labute approximate surface area is 118 Å². The molecule has 1 aromatic carbocycles. The summed E-state index contributed by atoms with van der Waals surface area (Å²) in [6.07, 6.45) is -4.81. The summed E-state index contributed by atoms with van der Waals surface area (Å²) in [7, 11) is 0. The third kappa shape index (κ3) is 6.75. The molecule has 0 saturated heterocycles. The van der Waals surface area contributed by atoms with Crippen LogP contribution in [0.4, 0.5) is 13.2 Å². The number of halogens is 3. The van der Waals surface area contributed by atoms with Gasteiger partial charge in [0.1, 0.15) is 6.61 Å². The number of alkyl halides is 3. The highest BCUT2D eigenvalue weighted by atomic mass is 19.4. The fourth-order valence-electron chi connectivity index (χ4n) is 1.52. The van der Waals surface area contributed by atoms with Gasteiger partial charge >= 0.3 is 12.1 Å². The van der Waals surface area contributed by atoms with Crippen LogP contribution < -0.4 is 5.32 Å². The Morgan fingerprint density at radius 2 is 1.86 bits per heavy atom. The Morgan fingerprint density at radius 1 is 1.24 bits per heavy atom. The van der Waals surface area contributed by atoms with Crippen LogP contribution in [0.2, 0.25) is 0 Å². The van der Waals surface area contributed by atoms with Crippen LogP contribution >= 0.6 is 0 Å². The van der Waals surface area contributed by atoms with Crippen molar-refractivity contribution in [3.8, 4) is 0 Å². The molecule has 0 fully saturated rings. The van der Waals surface area contributed by atoms with Gasteiger partial charge in [-0.05, 0) is 5.56 Å². The summed E-state index contributed by atoms with van der Waals surface area (Å²) in [5, 5.41) is 11.3. The van der Waals surface area contributed by atoms with Gasteiger partial charge in [-0.25, -0.2) is 4.79 Å². The van der Waals surface area contributed by atoms with Crippen LogP contribution in [0, 0.1) is 0 Å². The Kier molecular flexibility index (Phi) is 6.16. The number of carbonyl (C=O) groups excluding carboxylic acids is 1. The van der Waals surface area contributed by atoms with Crippen molar-refractivity contribution >= 4 is 11.9 Å². The van der Waals surface area contributed by atoms with Gasteiger partial charge < -0.3 is 15.2 Å². The summed E-state index contributed by atoms with van der Waals surface area (Å²) < 4.78 is 39.7. The number of rotatable bonds is 7. The summed E-state index contributed by atoms with van der Waals surface area (Å²) in [6.45, 7) is -1.88. The number of carbonyl (C=O) groups is 2. The van der Waals surface area contributed by atoms with Crippen molar-refractivity contribution in [1.29, 1.82) is 0 Å². The van der Waals surface area contributed by atoms with Crippen molar-refractivity contribution in [3.05, 3.63) is 35.9 Å². The van der Waals surface area contributed by atoms with E-state index in [2.05, 4.69) is 10.1 Å². The van der Waals surface area contributed by atoms with Crippen LogP contribution in [-0.2, 0) is 14.3 Å². The third-order valence-electron chi connectivity index (χ3n) is 2.42. The molecule has 0 aliphatic rings. The van der Waals surface area contributed by atoms with E-state index in [0.717, 1.165) is 0 Å². The van der Waals surface area contributed by atoms with E-state index in [4.69, 9.17) is 5.11 Å². The smallest absolute Gasteiger partial charge is 0.411 e. The Hall–Kier alpha value is -2.09. The Balaban J connectivity index is 2.46. The molecular weight excluding hydrogens is 291 g/mol. The second-order valence-electron chi connectivity index (χ2n) is 4.17. The summed E-state index contributed by atoms with van der Waals surface area (Å²) in [5.74, 6) is -1.96. The van der Waals surface area contributed by atoms with Crippen molar-refractivity contribution < 1.29 is 32.6 Å². The molecule has 0 spiro atoms. The monoisotopic (exact) mass is 305 g/mol. The van der Waals surface area contributed by atoms with Crippen molar-refractivity contribution in [3.63, 3.8) is 0 Å². The summed E-state index contributed by atoms with van der Waals surface area (Å²) in [4.78, 5) is 22.6. The molecule has 0 aromatic heterocycles. The number of aliphatic carboxylic acids is 1. The van der Waals surface area contributed by atoms with E-state index in [0.29, 0.717) is 5.56 Å². The maximum absolute atomic E-state index is 11.8. The predicted octanol–water partition coefficient (Wildman–Crippen LogP) is 1.90. The minimum atomic E-state index is -4.45. The molecule has 1 unspecified atom stereocenters. The minimum Gasteiger partial charge on any atom is -0.479 e. The normalized spacial score (nSPS) is 12.7. The molecule has 0 bridgehead atoms. The van der Waals surface area contributed by atoms with Gasteiger partial charge in [-0.1, -0.05) is 30.3 Å². The molecule has 2 N–H and O–H groups in total. The first kappa shape index (κ1) is 17.0. The summed E-state index contributed by atoms with van der Waals surface area (Å²) >= 11 is 0. The minimum absolute atomic E-state index is 0.354. The molecule has 116 valence electrons. The fraction of sp³-hybridized carbons (Fsp3) is 0.385. The van der Waals surface area contributed by atoms with E-state index in [1.807, 2.05) is 0 Å². The third-order valence-corrected chi connectivity index (χ3v) is 2.42. The van der Waals surface area contributed by atoms with Crippen LogP contribution in [0.1, 0.15) is 18.0 Å². The van der Waals surface area contributed by atoms with Crippen LogP contribution in [0.25, 0.3) is 0 Å². The van der Waals surface area contributed by atoms with E-state index >= 15 is 0 Å². The molecule has 1 atom stereocenters. The van der Waals surface area contributed by atoms with E-state index in [1.165, 1.54) is 12.1 Å². The number of carboxylic acid groups (broad SMARTS) is 1. The second kappa shape index (κ2) is 7.63. The van der Waals surface area contributed by atoms with Crippen molar-refractivity contribution in [2.75, 3.05) is 13.2 Å². The number of amides is 1. The summed E-state index contributed by atoms with van der Waals surface area (Å²) in [6, 6.07) is 6.72. The van der Waals surface area contributed by atoms with Crippen molar-refractivity contribution in [2.24, 2.45) is 0 Å². The number of benzene rings is 1. The molecule has 5 nitrogen and oxygen atoms in total. The Bertz CT molecular complexity index is 476. The zero-order valence-corrected chi connectivity index (χ0v) is 10.9. The largest absolute Gasteiger partial charge is 0.479 e. The van der Waals surface area contributed by atoms with E-state index in [9.17, 15) is 22.8 Å². The fourth-order valence-corrected chi connectivity index (χ4v) is 1.52. The molecule has 0 aliphatic heterocycles. The maximum atomic E-state index is 11.8. The average molecular weight is 305 g/mol. The topological polar surface area (TPSA) is 75.6 Å². The van der Waals surface area contributed by atoms with E-state index in [-0.39, 0.29) is 6.42 Å². The molecule has 0 aliphatic carbocycles. The Morgan fingerprint density at radius 3 is 2.38 bits per heavy atom. The molecule has 1 amide bonds. The van der Waals surface area contributed by atoms with Crippen LogP contribution in [0.5, 0.6) is 0 Å². The first-order valence-corrected chi connectivity index (χ1v) is 6.01. The average Bonchev–Trinajstić information content (AvgIpc) is 2.40. The highest BCUT2D eigenvalue weighted by Crippen LogP contribution is 2.15. The zero-order chi connectivity index (χ0) is 15.9. The summed E-state index contributed by atoms with van der Waals surface area (Å²) in [5.41, 5.74) is 0.370. The molecule has 1 aromatic rings. The lowest BCUT2D eigenvalue weighted by molar-refractivity contribution is -0.174. The number of ether oxygens (including phenoxy) is 1. The van der Waals surface area contributed by atoms with Gasteiger partial charge in [-0.3, -0.25) is 4.79 Å².